The minimum absolute atomic E-state index is 0.0646. The Bertz CT molecular complexity index is 1100. The summed E-state index contributed by atoms with van der Waals surface area (Å²) in [5, 5.41) is 14.7. The number of carbonyl (C=O) groups excluding carboxylic acids is 2. The average molecular weight is 510 g/mol. The van der Waals surface area contributed by atoms with Crippen LogP contribution in [0.15, 0.2) is 53.5 Å². The summed E-state index contributed by atoms with van der Waals surface area (Å²) in [6.07, 6.45) is 0.0828. The van der Waals surface area contributed by atoms with Crippen molar-refractivity contribution in [3.05, 3.63) is 59.7 Å². The third kappa shape index (κ3) is 7.45. The normalized spacial score (nSPS) is 13.7. The Kier molecular flexibility index (Phi) is 9.48. The number of fused-ring (bicyclic) bond motifs is 3. The summed E-state index contributed by atoms with van der Waals surface area (Å²) in [6.45, 7) is 4.17. The molecule has 0 aromatic heterocycles. The summed E-state index contributed by atoms with van der Waals surface area (Å²) in [4.78, 5) is 41.2. The maximum absolute atomic E-state index is 12.9. The second-order valence-electron chi connectivity index (χ2n) is 9.50. The number of nitrogens with zero attached hydrogens (tertiary/aromatic N) is 1. The van der Waals surface area contributed by atoms with Gasteiger partial charge in [0.25, 0.3) is 0 Å². The van der Waals surface area contributed by atoms with Crippen LogP contribution >= 0.6 is 0 Å². The molecule has 2 aromatic rings. The number of guanidine groups is 1. The van der Waals surface area contributed by atoms with Gasteiger partial charge in [-0.3, -0.25) is 9.79 Å². The van der Waals surface area contributed by atoms with E-state index in [9.17, 15) is 19.5 Å². The van der Waals surface area contributed by atoms with Crippen LogP contribution in [0.3, 0.4) is 0 Å². The number of nitrogens with two attached hydrogens (primary N) is 2. The van der Waals surface area contributed by atoms with Gasteiger partial charge in [-0.05, 0) is 47.4 Å². The molecular weight excluding hydrogens is 474 g/mol. The number of amides is 2. The molecule has 2 aromatic carbocycles. The van der Waals surface area contributed by atoms with E-state index in [0.717, 1.165) is 22.3 Å². The third-order valence-electron chi connectivity index (χ3n) is 6.22. The highest BCUT2D eigenvalue weighted by molar-refractivity contribution is 5.89. The standard InChI is InChI=1S/C27H35N5O5/c1-16(2)14-23(24(33)31-22(25(34)35)12-7-13-30-26(28)29)32-27(36)37-15-21-19-10-5-3-8-17(19)18-9-4-6-11-20(18)21/h3-6,8-11,16,21-23H,7,12-15H2,1-2H3,(H,31,33)(H,32,36)(H,34,35)(H4,28,29,30). The van der Waals surface area contributed by atoms with Crippen LogP contribution < -0.4 is 22.1 Å². The van der Waals surface area contributed by atoms with Crippen molar-refractivity contribution in [2.75, 3.05) is 13.2 Å². The van der Waals surface area contributed by atoms with E-state index >= 15 is 0 Å². The lowest BCUT2D eigenvalue weighted by molar-refractivity contribution is -0.142. The molecule has 198 valence electrons. The van der Waals surface area contributed by atoms with Gasteiger partial charge >= 0.3 is 12.1 Å². The fraction of sp³-hybridized carbons (Fsp3) is 0.407. The first-order chi connectivity index (χ1) is 17.7. The summed E-state index contributed by atoms with van der Waals surface area (Å²) >= 11 is 0. The number of nitrogens with one attached hydrogen (secondary N) is 2. The molecule has 0 heterocycles. The van der Waals surface area contributed by atoms with E-state index in [1.54, 1.807) is 0 Å². The first-order valence-corrected chi connectivity index (χ1v) is 12.4. The number of alkyl carbamates (subject to hydrolysis) is 1. The fourth-order valence-electron chi connectivity index (χ4n) is 4.52. The van der Waals surface area contributed by atoms with Crippen molar-refractivity contribution in [3.63, 3.8) is 0 Å². The lowest BCUT2D eigenvalue weighted by Gasteiger charge is -2.23. The van der Waals surface area contributed by atoms with Crippen molar-refractivity contribution in [1.29, 1.82) is 0 Å². The number of benzene rings is 2. The second-order valence-corrected chi connectivity index (χ2v) is 9.50. The smallest absolute Gasteiger partial charge is 0.407 e. The molecule has 10 nitrogen and oxygen atoms in total. The first kappa shape index (κ1) is 27.5. The van der Waals surface area contributed by atoms with Gasteiger partial charge in [0, 0.05) is 12.5 Å². The number of aliphatic carboxylic acids is 1. The maximum Gasteiger partial charge on any atom is 0.407 e. The van der Waals surface area contributed by atoms with Crippen LogP contribution in [0.25, 0.3) is 11.1 Å². The van der Waals surface area contributed by atoms with Gasteiger partial charge in [0.2, 0.25) is 5.91 Å². The van der Waals surface area contributed by atoms with Crippen LogP contribution in [0, 0.1) is 5.92 Å². The number of hydrogen-bond donors (Lipinski definition) is 5. The van der Waals surface area contributed by atoms with E-state index in [0.29, 0.717) is 12.8 Å². The molecule has 37 heavy (non-hydrogen) atoms. The molecule has 0 radical (unpaired) electrons. The van der Waals surface area contributed by atoms with E-state index < -0.39 is 30.1 Å². The molecular formula is C27H35N5O5. The highest BCUT2D eigenvalue weighted by atomic mass is 16.5. The Hall–Kier alpha value is -4.08. The highest BCUT2D eigenvalue weighted by Gasteiger charge is 2.31. The molecule has 0 saturated carbocycles. The molecule has 2 amide bonds. The maximum atomic E-state index is 12.9. The molecule has 0 aliphatic heterocycles. The Labute approximate surface area is 216 Å². The van der Waals surface area contributed by atoms with E-state index in [1.165, 1.54) is 0 Å². The van der Waals surface area contributed by atoms with Gasteiger partial charge < -0.3 is 31.9 Å². The van der Waals surface area contributed by atoms with Crippen LogP contribution in [0.1, 0.15) is 50.2 Å². The van der Waals surface area contributed by atoms with Crippen LogP contribution in [-0.4, -0.2) is 54.3 Å². The molecule has 2 unspecified atom stereocenters. The van der Waals surface area contributed by atoms with Crippen molar-refractivity contribution in [2.24, 2.45) is 22.4 Å². The Morgan fingerprint density at radius 1 is 0.973 bits per heavy atom. The molecule has 3 rings (SSSR count). The Balaban J connectivity index is 1.62. The zero-order valence-electron chi connectivity index (χ0n) is 21.1. The molecule has 1 aliphatic carbocycles. The number of carbonyl (C=O) groups is 3. The lowest BCUT2D eigenvalue weighted by atomic mass is 9.98. The van der Waals surface area contributed by atoms with Gasteiger partial charge in [-0.2, -0.15) is 0 Å². The van der Waals surface area contributed by atoms with Crippen molar-refractivity contribution in [3.8, 4) is 11.1 Å². The second kappa shape index (κ2) is 12.8. The van der Waals surface area contributed by atoms with Crippen molar-refractivity contribution < 1.29 is 24.2 Å². The molecule has 0 fully saturated rings. The predicted octanol–water partition coefficient (Wildman–Crippen LogP) is 2.56. The van der Waals surface area contributed by atoms with Crippen molar-refractivity contribution in [2.45, 2.75) is 51.1 Å². The van der Waals surface area contributed by atoms with Gasteiger partial charge in [0.1, 0.15) is 18.7 Å². The van der Waals surface area contributed by atoms with Gasteiger partial charge in [0.15, 0.2) is 5.96 Å². The number of rotatable bonds is 12. The highest BCUT2D eigenvalue weighted by Crippen LogP contribution is 2.44. The Morgan fingerprint density at radius 3 is 2.11 bits per heavy atom. The monoisotopic (exact) mass is 509 g/mol. The van der Waals surface area contributed by atoms with Crippen molar-refractivity contribution in [1.82, 2.24) is 10.6 Å². The van der Waals surface area contributed by atoms with Gasteiger partial charge in [0.05, 0.1) is 0 Å². The molecule has 7 N–H and O–H groups in total. The van der Waals surface area contributed by atoms with Gasteiger partial charge in [-0.1, -0.05) is 62.4 Å². The zero-order chi connectivity index (χ0) is 26.9. The summed E-state index contributed by atoms with van der Waals surface area (Å²) < 4.78 is 5.57. The van der Waals surface area contributed by atoms with Crippen LogP contribution in [0.5, 0.6) is 0 Å². The van der Waals surface area contributed by atoms with Crippen LogP contribution in [0.4, 0.5) is 4.79 Å². The lowest BCUT2D eigenvalue weighted by Crippen LogP contribution is -2.52. The van der Waals surface area contributed by atoms with Gasteiger partial charge in [-0.15, -0.1) is 0 Å². The number of aliphatic imine (C=N–C) groups is 1. The predicted molar refractivity (Wildman–Crippen MR) is 141 cm³/mol. The van der Waals surface area contributed by atoms with Gasteiger partial charge in [-0.25, -0.2) is 9.59 Å². The van der Waals surface area contributed by atoms with Crippen LogP contribution in [0.2, 0.25) is 0 Å². The number of hydrogen-bond acceptors (Lipinski definition) is 5. The van der Waals surface area contributed by atoms with Crippen LogP contribution in [-0.2, 0) is 14.3 Å². The quantitative estimate of drug-likeness (QED) is 0.166. The number of ether oxygens (including phenoxy) is 1. The van der Waals surface area contributed by atoms with Crippen molar-refractivity contribution >= 4 is 23.9 Å². The fourth-order valence-corrected chi connectivity index (χ4v) is 4.52. The third-order valence-corrected chi connectivity index (χ3v) is 6.22. The van der Waals surface area contributed by atoms with E-state index in [2.05, 4.69) is 15.6 Å². The topological polar surface area (TPSA) is 169 Å². The molecule has 0 saturated heterocycles. The van der Waals surface area contributed by atoms with E-state index in [4.69, 9.17) is 16.2 Å². The van der Waals surface area contributed by atoms with E-state index in [1.807, 2.05) is 62.4 Å². The first-order valence-electron chi connectivity index (χ1n) is 12.4. The molecule has 10 heteroatoms. The molecule has 0 bridgehead atoms. The summed E-state index contributed by atoms with van der Waals surface area (Å²) in [6, 6.07) is 13.9. The SMILES string of the molecule is CC(C)CC(NC(=O)OCC1c2ccccc2-c2ccccc21)C(=O)NC(CCCN=C(N)N)C(=O)O. The molecule has 2 atom stereocenters. The Morgan fingerprint density at radius 2 is 1.57 bits per heavy atom. The summed E-state index contributed by atoms with van der Waals surface area (Å²) in [5.41, 5.74) is 15.0. The summed E-state index contributed by atoms with van der Waals surface area (Å²) in [7, 11) is 0. The molecule has 0 spiro atoms. The average Bonchev–Trinajstić information content (AvgIpc) is 3.17. The molecule has 1 aliphatic rings. The largest absolute Gasteiger partial charge is 0.480 e. The number of carboxylic acids is 1. The minimum atomic E-state index is -1.18. The summed E-state index contributed by atoms with van der Waals surface area (Å²) in [5.74, 6) is -1.90. The van der Waals surface area contributed by atoms with E-state index in [-0.39, 0.29) is 37.4 Å². The number of carboxylic acid groups (broad SMARTS) is 1. The zero-order valence-corrected chi connectivity index (χ0v) is 21.1. The minimum Gasteiger partial charge on any atom is -0.480 e.